The number of nitro groups is 1. The number of carbonyl (C=O) groups is 1. The summed E-state index contributed by atoms with van der Waals surface area (Å²) in [7, 11) is 0. The Morgan fingerprint density at radius 1 is 1.13 bits per heavy atom. The number of hydrogen-bond donors (Lipinski definition) is 0. The van der Waals surface area contributed by atoms with Gasteiger partial charge in [-0.25, -0.2) is 0 Å². The molecule has 0 radical (unpaired) electrons. The van der Waals surface area contributed by atoms with E-state index in [1.165, 1.54) is 6.07 Å². The van der Waals surface area contributed by atoms with Crippen LogP contribution in [0.3, 0.4) is 0 Å². The van der Waals surface area contributed by atoms with Gasteiger partial charge >= 0.3 is 0 Å². The smallest absolute Gasteiger partial charge is 0.273 e. The SMILES string of the molecule is Cc1ccc(C(=O)N2CCSC2c2ccccc2OCc2ccccc2)cc1[N+](=O)[O-]. The molecule has 1 unspecified atom stereocenters. The lowest BCUT2D eigenvalue weighted by Crippen LogP contribution is -2.30. The van der Waals surface area contributed by atoms with Gasteiger partial charge in [-0.3, -0.25) is 14.9 Å². The second-order valence-corrected chi connectivity index (χ2v) is 8.48. The lowest BCUT2D eigenvalue weighted by atomic mass is 10.1. The van der Waals surface area contributed by atoms with Gasteiger partial charge in [-0.15, -0.1) is 11.8 Å². The first-order valence-electron chi connectivity index (χ1n) is 9.98. The van der Waals surface area contributed by atoms with E-state index in [-0.39, 0.29) is 17.0 Å². The Morgan fingerprint density at radius 3 is 2.65 bits per heavy atom. The molecule has 158 valence electrons. The molecule has 1 fully saturated rings. The summed E-state index contributed by atoms with van der Waals surface area (Å²) in [5.41, 5.74) is 2.81. The standard InChI is InChI=1S/C24H22N2O4S/c1-17-11-12-19(15-21(17)26(28)29)23(27)25-13-14-31-24(25)20-9-5-6-10-22(20)30-16-18-7-3-2-4-8-18/h2-12,15,24H,13-14,16H2,1H3. The van der Waals surface area contributed by atoms with Crippen LogP contribution in [0, 0.1) is 17.0 Å². The number of thioether (sulfide) groups is 1. The van der Waals surface area contributed by atoms with Crippen molar-refractivity contribution in [2.45, 2.75) is 18.9 Å². The van der Waals surface area contributed by atoms with Gasteiger partial charge in [0.1, 0.15) is 17.7 Å². The third kappa shape index (κ3) is 4.56. The van der Waals surface area contributed by atoms with Crippen LogP contribution in [-0.4, -0.2) is 28.0 Å². The van der Waals surface area contributed by atoms with Crippen molar-refractivity contribution in [1.29, 1.82) is 0 Å². The molecule has 3 aromatic rings. The summed E-state index contributed by atoms with van der Waals surface area (Å²) in [6.07, 6.45) is 0. The molecule has 3 aromatic carbocycles. The minimum Gasteiger partial charge on any atom is -0.489 e. The zero-order valence-corrected chi connectivity index (χ0v) is 17.9. The summed E-state index contributed by atoms with van der Waals surface area (Å²) in [5.74, 6) is 1.31. The first kappa shape index (κ1) is 20.9. The van der Waals surface area contributed by atoms with Crippen molar-refractivity contribution in [3.63, 3.8) is 0 Å². The molecule has 1 aliphatic heterocycles. The zero-order valence-electron chi connectivity index (χ0n) is 17.1. The highest BCUT2D eigenvalue weighted by Crippen LogP contribution is 2.42. The van der Waals surface area contributed by atoms with Crippen molar-refractivity contribution in [2.75, 3.05) is 12.3 Å². The van der Waals surface area contributed by atoms with E-state index in [4.69, 9.17) is 4.74 Å². The van der Waals surface area contributed by atoms with Crippen molar-refractivity contribution in [3.05, 3.63) is 105 Å². The normalized spacial score (nSPS) is 15.6. The van der Waals surface area contributed by atoms with Gasteiger partial charge in [0.25, 0.3) is 11.6 Å². The van der Waals surface area contributed by atoms with Gasteiger partial charge in [0.15, 0.2) is 0 Å². The maximum absolute atomic E-state index is 13.3. The lowest BCUT2D eigenvalue weighted by molar-refractivity contribution is -0.385. The lowest BCUT2D eigenvalue weighted by Gasteiger charge is -2.26. The van der Waals surface area contributed by atoms with Gasteiger partial charge in [0, 0.05) is 35.1 Å². The van der Waals surface area contributed by atoms with Crippen molar-refractivity contribution in [3.8, 4) is 5.75 Å². The second-order valence-electron chi connectivity index (χ2n) is 7.29. The Balaban J connectivity index is 1.58. The van der Waals surface area contributed by atoms with E-state index in [1.54, 1.807) is 35.7 Å². The first-order valence-corrected chi connectivity index (χ1v) is 11.0. The highest BCUT2D eigenvalue weighted by atomic mass is 32.2. The fourth-order valence-corrected chi connectivity index (χ4v) is 4.87. The van der Waals surface area contributed by atoms with Crippen LogP contribution in [0.1, 0.15) is 32.4 Å². The largest absolute Gasteiger partial charge is 0.489 e. The fourth-order valence-electron chi connectivity index (χ4n) is 3.59. The summed E-state index contributed by atoms with van der Waals surface area (Å²) in [6.45, 7) is 2.68. The number of benzene rings is 3. The highest BCUT2D eigenvalue weighted by molar-refractivity contribution is 7.99. The van der Waals surface area contributed by atoms with Crippen LogP contribution >= 0.6 is 11.8 Å². The molecular weight excluding hydrogens is 412 g/mol. The van der Waals surface area contributed by atoms with E-state index in [0.717, 1.165) is 22.6 Å². The van der Waals surface area contributed by atoms with Crippen LogP contribution in [0.15, 0.2) is 72.8 Å². The van der Waals surface area contributed by atoms with E-state index in [9.17, 15) is 14.9 Å². The third-order valence-electron chi connectivity index (χ3n) is 5.23. The van der Waals surface area contributed by atoms with Crippen molar-refractivity contribution < 1.29 is 14.5 Å². The molecule has 1 atom stereocenters. The van der Waals surface area contributed by atoms with E-state index in [2.05, 4.69) is 0 Å². The fraction of sp³-hybridized carbons (Fsp3) is 0.208. The van der Waals surface area contributed by atoms with Crippen molar-refractivity contribution in [1.82, 2.24) is 4.90 Å². The molecular formula is C24H22N2O4S. The minimum absolute atomic E-state index is 0.0409. The summed E-state index contributed by atoms with van der Waals surface area (Å²) in [6, 6.07) is 22.3. The van der Waals surface area contributed by atoms with Gasteiger partial charge in [0.2, 0.25) is 0 Å². The second kappa shape index (κ2) is 9.22. The molecule has 0 N–H and O–H groups in total. The van der Waals surface area contributed by atoms with Crippen molar-refractivity contribution >= 4 is 23.4 Å². The average molecular weight is 435 g/mol. The molecule has 1 saturated heterocycles. The maximum Gasteiger partial charge on any atom is 0.273 e. The first-order chi connectivity index (χ1) is 15.0. The van der Waals surface area contributed by atoms with Gasteiger partial charge in [-0.1, -0.05) is 54.6 Å². The van der Waals surface area contributed by atoms with E-state index < -0.39 is 4.92 Å². The van der Waals surface area contributed by atoms with Crippen LogP contribution < -0.4 is 4.74 Å². The predicted molar refractivity (Wildman–Crippen MR) is 121 cm³/mol. The minimum atomic E-state index is -0.449. The number of nitro benzene ring substituents is 1. The number of nitrogens with zero attached hydrogens (tertiary/aromatic N) is 2. The molecule has 31 heavy (non-hydrogen) atoms. The zero-order chi connectivity index (χ0) is 21.8. The molecule has 0 bridgehead atoms. The predicted octanol–water partition coefficient (Wildman–Crippen LogP) is 5.37. The van der Waals surface area contributed by atoms with Crippen LogP contribution in [-0.2, 0) is 6.61 Å². The molecule has 4 rings (SSSR count). The molecule has 7 heteroatoms. The van der Waals surface area contributed by atoms with Crippen LogP contribution in [0.4, 0.5) is 5.69 Å². The van der Waals surface area contributed by atoms with Gasteiger partial charge < -0.3 is 9.64 Å². The van der Waals surface area contributed by atoms with E-state index in [0.29, 0.717) is 24.3 Å². The molecule has 0 spiro atoms. The number of amides is 1. The van der Waals surface area contributed by atoms with Crippen LogP contribution in [0.2, 0.25) is 0 Å². The van der Waals surface area contributed by atoms with Gasteiger partial charge in [0.05, 0.1) is 4.92 Å². The Kier molecular flexibility index (Phi) is 6.23. The molecule has 0 aliphatic carbocycles. The summed E-state index contributed by atoms with van der Waals surface area (Å²) >= 11 is 1.67. The van der Waals surface area contributed by atoms with Gasteiger partial charge in [-0.2, -0.15) is 0 Å². The Labute approximate surface area is 185 Å². The monoisotopic (exact) mass is 434 g/mol. The Morgan fingerprint density at radius 2 is 1.87 bits per heavy atom. The molecule has 1 amide bonds. The molecule has 1 heterocycles. The summed E-state index contributed by atoms with van der Waals surface area (Å²) in [4.78, 5) is 25.9. The number of para-hydroxylation sites is 1. The van der Waals surface area contributed by atoms with Gasteiger partial charge in [-0.05, 0) is 24.6 Å². The highest BCUT2D eigenvalue weighted by Gasteiger charge is 2.33. The Bertz CT molecular complexity index is 1100. The number of ether oxygens (including phenoxy) is 1. The number of carbonyl (C=O) groups excluding carboxylic acids is 1. The summed E-state index contributed by atoms with van der Waals surface area (Å²) < 4.78 is 6.10. The third-order valence-corrected chi connectivity index (χ3v) is 6.47. The number of hydrogen-bond acceptors (Lipinski definition) is 5. The Hall–Kier alpha value is -3.32. The molecule has 1 aliphatic rings. The van der Waals surface area contributed by atoms with Crippen molar-refractivity contribution in [2.24, 2.45) is 0 Å². The summed E-state index contributed by atoms with van der Waals surface area (Å²) in [5, 5.41) is 11.1. The molecule has 0 aromatic heterocycles. The van der Waals surface area contributed by atoms with E-state index in [1.807, 2.05) is 54.6 Å². The quantitative estimate of drug-likeness (QED) is 0.385. The average Bonchev–Trinajstić information content (AvgIpc) is 3.28. The molecule has 6 nitrogen and oxygen atoms in total. The molecule has 0 saturated carbocycles. The number of rotatable bonds is 6. The number of aryl methyl sites for hydroxylation is 1. The maximum atomic E-state index is 13.3. The van der Waals surface area contributed by atoms with Crippen LogP contribution in [0.25, 0.3) is 0 Å². The van der Waals surface area contributed by atoms with Crippen LogP contribution in [0.5, 0.6) is 5.75 Å². The van der Waals surface area contributed by atoms with E-state index >= 15 is 0 Å². The topological polar surface area (TPSA) is 72.7 Å².